The second-order valence-corrected chi connectivity index (χ2v) is 5.66. The fourth-order valence-electron chi connectivity index (χ4n) is 2.65. The number of hydrogen-bond acceptors (Lipinski definition) is 7. The molecule has 0 radical (unpaired) electrons. The molecule has 0 aromatic carbocycles. The van der Waals surface area contributed by atoms with Crippen molar-refractivity contribution in [2.75, 3.05) is 38.7 Å². The molecule has 1 aliphatic heterocycles. The van der Waals surface area contributed by atoms with E-state index in [1.54, 1.807) is 36.5 Å². The molecule has 8 nitrogen and oxygen atoms in total. The number of amides is 1. The van der Waals surface area contributed by atoms with E-state index in [-0.39, 0.29) is 18.6 Å². The van der Waals surface area contributed by atoms with Gasteiger partial charge in [0.2, 0.25) is 0 Å². The zero-order valence-corrected chi connectivity index (χ0v) is 14.3. The average Bonchev–Trinajstić information content (AvgIpc) is 2.66. The third-order valence-corrected chi connectivity index (χ3v) is 3.87. The van der Waals surface area contributed by atoms with E-state index in [4.69, 9.17) is 9.47 Å². The van der Waals surface area contributed by atoms with Gasteiger partial charge in [-0.1, -0.05) is 0 Å². The fourth-order valence-corrected chi connectivity index (χ4v) is 2.65. The molecule has 0 saturated carbocycles. The Morgan fingerprint density at radius 3 is 3.12 bits per heavy atom. The Kier molecular flexibility index (Phi) is 5.39. The Bertz CT molecular complexity index is 725. The number of carbonyl (C=O) groups is 1. The molecule has 0 bridgehead atoms. The number of rotatable bonds is 5. The van der Waals surface area contributed by atoms with Gasteiger partial charge in [0.15, 0.2) is 12.4 Å². The Hall–Kier alpha value is -2.74. The maximum absolute atomic E-state index is 12.6. The highest BCUT2D eigenvalue weighted by atomic mass is 16.5. The molecule has 1 fully saturated rings. The minimum atomic E-state index is -0.328. The van der Waals surface area contributed by atoms with Crippen LogP contribution in [0.25, 0.3) is 0 Å². The number of hydrogen-bond donors (Lipinski definition) is 1. The van der Waals surface area contributed by atoms with Gasteiger partial charge in [-0.25, -0.2) is 9.97 Å². The molecule has 1 atom stereocenters. The van der Waals surface area contributed by atoms with E-state index in [1.165, 1.54) is 0 Å². The highest BCUT2D eigenvalue weighted by Crippen LogP contribution is 2.23. The number of anilines is 1. The van der Waals surface area contributed by atoms with Crippen molar-refractivity contribution in [1.82, 2.24) is 19.9 Å². The molecule has 25 heavy (non-hydrogen) atoms. The van der Waals surface area contributed by atoms with Gasteiger partial charge in [-0.05, 0) is 19.1 Å². The summed E-state index contributed by atoms with van der Waals surface area (Å²) in [4.78, 5) is 27.3. The number of pyridine rings is 1. The van der Waals surface area contributed by atoms with Crippen molar-refractivity contribution in [2.24, 2.45) is 0 Å². The van der Waals surface area contributed by atoms with Crippen molar-refractivity contribution < 1.29 is 14.3 Å². The van der Waals surface area contributed by atoms with E-state index < -0.39 is 0 Å². The molecule has 1 aliphatic rings. The van der Waals surface area contributed by atoms with Gasteiger partial charge < -0.3 is 19.7 Å². The van der Waals surface area contributed by atoms with Crippen molar-refractivity contribution in [3.63, 3.8) is 0 Å². The zero-order chi connectivity index (χ0) is 17.6. The summed E-state index contributed by atoms with van der Waals surface area (Å²) in [6.07, 6.45) is 3.23. The SMILES string of the molecule is CNc1cc(C)nc([C@@H]2COCCN2C(=O)COc2cccnc2)n1. The summed E-state index contributed by atoms with van der Waals surface area (Å²) in [5.74, 6) is 1.71. The lowest BCUT2D eigenvalue weighted by atomic mass is 10.2. The molecule has 0 aliphatic carbocycles. The third kappa shape index (κ3) is 4.21. The first-order valence-electron chi connectivity index (χ1n) is 8.10. The highest BCUT2D eigenvalue weighted by Gasteiger charge is 2.31. The molecule has 1 N–H and O–H groups in total. The van der Waals surface area contributed by atoms with Crippen LogP contribution in [0.5, 0.6) is 5.75 Å². The van der Waals surface area contributed by atoms with Crippen LogP contribution in [0.15, 0.2) is 30.6 Å². The van der Waals surface area contributed by atoms with Crippen LogP contribution in [0.3, 0.4) is 0 Å². The minimum absolute atomic E-state index is 0.0626. The number of ether oxygens (including phenoxy) is 2. The Morgan fingerprint density at radius 1 is 1.48 bits per heavy atom. The van der Waals surface area contributed by atoms with Gasteiger partial charge >= 0.3 is 0 Å². The van der Waals surface area contributed by atoms with Crippen molar-refractivity contribution in [3.8, 4) is 5.75 Å². The number of aromatic nitrogens is 3. The molecule has 132 valence electrons. The van der Waals surface area contributed by atoms with Gasteiger partial charge in [0.05, 0.1) is 19.4 Å². The second kappa shape index (κ2) is 7.89. The van der Waals surface area contributed by atoms with Crippen molar-refractivity contribution in [3.05, 3.63) is 42.1 Å². The molecule has 0 unspecified atom stereocenters. The fraction of sp³-hybridized carbons (Fsp3) is 0.412. The first kappa shape index (κ1) is 17.1. The van der Waals surface area contributed by atoms with Crippen LogP contribution in [0.4, 0.5) is 5.82 Å². The van der Waals surface area contributed by atoms with E-state index in [9.17, 15) is 4.79 Å². The maximum atomic E-state index is 12.6. The van der Waals surface area contributed by atoms with Crippen molar-refractivity contribution in [1.29, 1.82) is 0 Å². The minimum Gasteiger partial charge on any atom is -0.482 e. The van der Waals surface area contributed by atoms with E-state index in [1.807, 2.05) is 13.0 Å². The largest absolute Gasteiger partial charge is 0.482 e. The van der Waals surface area contributed by atoms with Crippen LogP contribution in [-0.4, -0.2) is 59.2 Å². The number of carbonyl (C=O) groups excluding carboxylic acids is 1. The zero-order valence-electron chi connectivity index (χ0n) is 14.3. The van der Waals surface area contributed by atoms with Crippen molar-refractivity contribution >= 4 is 11.7 Å². The summed E-state index contributed by atoms with van der Waals surface area (Å²) < 4.78 is 11.1. The van der Waals surface area contributed by atoms with Crippen molar-refractivity contribution in [2.45, 2.75) is 13.0 Å². The number of nitrogens with zero attached hydrogens (tertiary/aromatic N) is 4. The molecular weight excluding hydrogens is 322 g/mol. The van der Waals surface area contributed by atoms with E-state index in [0.717, 1.165) is 5.69 Å². The van der Waals surface area contributed by atoms with Crippen LogP contribution in [0.1, 0.15) is 17.6 Å². The quantitative estimate of drug-likeness (QED) is 0.872. The summed E-state index contributed by atoms with van der Waals surface area (Å²) in [5.41, 5.74) is 0.832. The summed E-state index contributed by atoms with van der Waals surface area (Å²) in [7, 11) is 1.80. The monoisotopic (exact) mass is 343 g/mol. The van der Waals surface area contributed by atoms with Gasteiger partial charge in [0, 0.05) is 31.5 Å². The molecule has 1 saturated heterocycles. The first-order valence-corrected chi connectivity index (χ1v) is 8.10. The second-order valence-electron chi connectivity index (χ2n) is 5.66. The topological polar surface area (TPSA) is 89.5 Å². The molecule has 3 heterocycles. The predicted molar refractivity (Wildman–Crippen MR) is 91.3 cm³/mol. The van der Waals surface area contributed by atoms with Crippen LogP contribution in [0, 0.1) is 6.92 Å². The summed E-state index contributed by atoms with van der Waals surface area (Å²) in [5, 5.41) is 3.01. The van der Waals surface area contributed by atoms with Gasteiger partial charge in [-0.3, -0.25) is 9.78 Å². The molecule has 1 amide bonds. The van der Waals surface area contributed by atoms with Crippen LogP contribution in [-0.2, 0) is 9.53 Å². The lowest BCUT2D eigenvalue weighted by Crippen LogP contribution is -2.46. The molecular formula is C17H21N5O3. The van der Waals surface area contributed by atoms with Gasteiger partial charge in [-0.2, -0.15) is 0 Å². The summed E-state index contributed by atoms with van der Waals surface area (Å²) >= 11 is 0. The lowest BCUT2D eigenvalue weighted by Gasteiger charge is -2.34. The lowest BCUT2D eigenvalue weighted by molar-refractivity contribution is -0.142. The average molecular weight is 343 g/mol. The molecule has 0 spiro atoms. The number of aryl methyl sites for hydroxylation is 1. The van der Waals surface area contributed by atoms with Crippen LogP contribution in [0.2, 0.25) is 0 Å². The van der Waals surface area contributed by atoms with Gasteiger partial charge in [0.25, 0.3) is 5.91 Å². The number of nitrogens with one attached hydrogen (secondary N) is 1. The molecule has 8 heteroatoms. The van der Waals surface area contributed by atoms with Gasteiger partial charge in [-0.15, -0.1) is 0 Å². The normalized spacial score (nSPS) is 17.2. The molecule has 2 aromatic heterocycles. The van der Waals surface area contributed by atoms with Crippen LogP contribution >= 0.6 is 0 Å². The molecule has 3 rings (SSSR count). The number of morpholine rings is 1. The smallest absolute Gasteiger partial charge is 0.261 e. The van der Waals surface area contributed by atoms with E-state index >= 15 is 0 Å². The Balaban J connectivity index is 1.74. The van der Waals surface area contributed by atoms with Gasteiger partial charge in [0.1, 0.15) is 17.6 Å². The summed E-state index contributed by atoms with van der Waals surface area (Å²) in [6, 6.07) is 5.05. The van der Waals surface area contributed by atoms with Crippen LogP contribution < -0.4 is 10.1 Å². The maximum Gasteiger partial charge on any atom is 0.261 e. The Morgan fingerprint density at radius 2 is 2.36 bits per heavy atom. The first-order chi connectivity index (χ1) is 12.2. The standard InChI is InChI=1S/C17H21N5O3/c1-12-8-15(18-2)21-17(20-12)14-10-24-7-6-22(14)16(23)11-25-13-4-3-5-19-9-13/h3-5,8-9,14H,6-7,10-11H2,1-2H3,(H,18,20,21)/t14-/m0/s1. The highest BCUT2D eigenvalue weighted by molar-refractivity contribution is 5.78. The molecule has 2 aromatic rings. The summed E-state index contributed by atoms with van der Waals surface area (Å²) in [6.45, 7) is 3.16. The predicted octanol–water partition coefficient (Wildman–Crippen LogP) is 1.20. The Labute approximate surface area is 146 Å². The third-order valence-electron chi connectivity index (χ3n) is 3.87. The van der Waals surface area contributed by atoms with E-state index in [2.05, 4.69) is 20.3 Å². The van der Waals surface area contributed by atoms with E-state index in [0.29, 0.717) is 37.2 Å².